The molecule has 0 fully saturated rings. The molecule has 0 saturated heterocycles. The number of aromatic amines is 1. The molecule has 154 valence electrons. The fourth-order valence-electron chi connectivity index (χ4n) is 3.77. The van der Waals surface area contributed by atoms with Crippen LogP contribution in [0.2, 0.25) is 0 Å². The predicted octanol–water partition coefficient (Wildman–Crippen LogP) is 3.96. The molecule has 0 radical (unpaired) electrons. The van der Waals surface area contributed by atoms with Gasteiger partial charge in [-0.2, -0.15) is 0 Å². The monoisotopic (exact) mass is 417 g/mol. The zero-order chi connectivity index (χ0) is 21.0. The summed E-state index contributed by atoms with van der Waals surface area (Å²) in [4.78, 5) is 29.6. The van der Waals surface area contributed by atoms with Crippen LogP contribution < -0.4 is 0 Å². The molecule has 2 atom stereocenters. The van der Waals surface area contributed by atoms with Gasteiger partial charge in [0.15, 0.2) is 29.5 Å². The molecule has 3 aromatic heterocycles. The van der Waals surface area contributed by atoms with E-state index in [0.29, 0.717) is 5.69 Å². The lowest BCUT2D eigenvalue weighted by atomic mass is 9.94. The first-order chi connectivity index (χ1) is 14.5. The molecule has 8 nitrogen and oxygen atoms in total. The van der Waals surface area contributed by atoms with Gasteiger partial charge >= 0.3 is 0 Å². The summed E-state index contributed by atoms with van der Waals surface area (Å²) in [5.74, 6) is -2.14. The molecule has 4 heterocycles. The standard InChI is InChI=1S/C19H14F3N5O3/c1-8-5-27(19(28)16-13(17(21)22)25-7-29-16)14(12-11(8)23-6-24-12)18-26-10-4-2-3-9(20)15(10)30-18/h2-4,6-8,14,17H,5H2,1H3,(H,23,24)/t8?,14-/m0/s1. The zero-order valence-corrected chi connectivity index (χ0v) is 15.5. The highest BCUT2D eigenvalue weighted by Gasteiger charge is 2.42. The van der Waals surface area contributed by atoms with Gasteiger partial charge in [0, 0.05) is 18.2 Å². The highest BCUT2D eigenvalue weighted by atomic mass is 19.3. The number of oxazole rings is 2. The number of H-pyrrole nitrogens is 1. The second kappa shape index (κ2) is 6.71. The van der Waals surface area contributed by atoms with Crippen molar-refractivity contribution >= 4 is 17.0 Å². The summed E-state index contributed by atoms with van der Waals surface area (Å²) in [5, 5.41) is 0. The molecule has 5 rings (SSSR count). The maximum Gasteiger partial charge on any atom is 0.292 e. The van der Waals surface area contributed by atoms with E-state index < -0.39 is 35.6 Å². The lowest BCUT2D eigenvalue weighted by Crippen LogP contribution is -2.42. The van der Waals surface area contributed by atoms with Crippen molar-refractivity contribution in [2.45, 2.75) is 25.3 Å². The topological polar surface area (TPSA) is 101 Å². The Morgan fingerprint density at radius 3 is 2.93 bits per heavy atom. The molecule has 1 N–H and O–H groups in total. The summed E-state index contributed by atoms with van der Waals surface area (Å²) in [6.45, 7) is 2.00. The molecular weight excluding hydrogens is 403 g/mol. The number of benzene rings is 1. The van der Waals surface area contributed by atoms with Gasteiger partial charge < -0.3 is 18.7 Å². The average molecular weight is 417 g/mol. The van der Waals surface area contributed by atoms with Gasteiger partial charge in [0.25, 0.3) is 12.3 Å². The highest BCUT2D eigenvalue weighted by molar-refractivity contribution is 5.93. The molecule has 30 heavy (non-hydrogen) atoms. The zero-order valence-electron chi connectivity index (χ0n) is 15.5. The van der Waals surface area contributed by atoms with Crippen molar-refractivity contribution < 1.29 is 26.8 Å². The molecule has 0 bridgehead atoms. The van der Waals surface area contributed by atoms with E-state index in [4.69, 9.17) is 8.83 Å². The van der Waals surface area contributed by atoms with Crippen LogP contribution in [0.15, 0.2) is 39.8 Å². The lowest BCUT2D eigenvalue weighted by molar-refractivity contribution is 0.0601. The number of rotatable bonds is 3. The van der Waals surface area contributed by atoms with Crippen LogP contribution >= 0.6 is 0 Å². The van der Waals surface area contributed by atoms with Gasteiger partial charge in [-0.15, -0.1) is 0 Å². The number of fused-ring (bicyclic) bond motifs is 2. The quantitative estimate of drug-likeness (QED) is 0.541. The Morgan fingerprint density at radius 2 is 2.17 bits per heavy atom. The summed E-state index contributed by atoms with van der Waals surface area (Å²) in [6.07, 6.45) is -0.723. The number of amides is 1. The van der Waals surface area contributed by atoms with Crippen molar-refractivity contribution in [1.82, 2.24) is 24.8 Å². The van der Waals surface area contributed by atoms with Gasteiger partial charge in [-0.25, -0.2) is 28.1 Å². The maximum atomic E-state index is 14.1. The van der Waals surface area contributed by atoms with E-state index in [1.807, 2.05) is 6.92 Å². The van der Waals surface area contributed by atoms with Crippen molar-refractivity contribution in [2.24, 2.45) is 0 Å². The van der Waals surface area contributed by atoms with E-state index in [2.05, 4.69) is 19.9 Å². The first kappa shape index (κ1) is 18.4. The Balaban J connectivity index is 1.66. The van der Waals surface area contributed by atoms with Crippen molar-refractivity contribution in [1.29, 1.82) is 0 Å². The first-order valence-electron chi connectivity index (χ1n) is 9.06. The van der Waals surface area contributed by atoms with Gasteiger partial charge in [0.1, 0.15) is 5.52 Å². The molecule has 11 heteroatoms. The highest BCUT2D eigenvalue weighted by Crippen LogP contribution is 2.40. The summed E-state index contributed by atoms with van der Waals surface area (Å²) >= 11 is 0. The molecule has 1 aliphatic rings. The van der Waals surface area contributed by atoms with E-state index in [-0.39, 0.29) is 29.5 Å². The van der Waals surface area contributed by atoms with Crippen molar-refractivity contribution in [3.05, 3.63) is 65.5 Å². The summed E-state index contributed by atoms with van der Waals surface area (Å²) < 4.78 is 51.3. The number of carbonyl (C=O) groups is 1. The summed E-state index contributed by atoms with van der Waals surface area (Å²) in [6, 6.07) is 3.32. The predicted molar refractivity (Wildman–Crippen MR) is 95.3 cm³/mol. The number of halogens is 3. The molecule has 1 amide bonds. The summed E-state index contributed by atoms with van der Waals surface area (Å²) in [5.41, 5.74) is 0.637. The Labute approximate surface area is 166 Å². The molecule has 1 unspecified atom stereocenters. The van der Waals surface area contributed by atoms with E-state index in [0.717, 1.165) is 12.1 Å². The number of nitrogens with zero attached hydrogens (tertiary/aromatic N) is 4. The van der Waals surface area contributed by atoms with Crippen LogP contribution in [0.1, 0.15) is 58.8 Å². The van der Waals surface area contributed by atoms with Crippen LogP contribution in [0.4, 0.5) is 13.2 Å². The second-order valence-corrected chi connectivity index (χ2v) is 6.97. The largest absolute Gasteiger partial charge is 0.438 e. The van der Waals surface area contributed by atoms with Crippen LogP contribution in [0.3, 0.4) is 0 Å². The number of hydrogen-bond acceptors (Lipinski definition) is 6. The van der Waals surface area contributed by atoms with Crippen LogP contribution in [0.25, 0.3) is 11.1 Å². The first-order valence-corrected chi connectivity index (χ1v) is 9.06. The molecule has 1 aromatic carbocycles. The molecule has 4 aromatic rings. The van der Waals surface area contributed by atoms with Gasteiger partial charge in [0.2, 0.25) is 11.7 Å². The van der Waals surface area contributed by atoms with E-state index in [9.17, 15) is 18.0 Å². The third kappa shape index (κ3) is 2.69. The van der Waals surface area contributed by atoms with Crippen LogP contribution in [-0.2, 0) is 0 Å². The third-order valence-corrected chi connectivity index (χ3v) is 5.11. The SMILES string of the molecule is CC1CN(C(=O)c2ocnc2C(F)F)[C@H](c2nc3cccc(F)c3o2)c2nc[nH]c21. The number of carbonyl (C=O) groups excluding carboxylic acids is 1. The fourth-order valence-corrected chi connectivity index (χ4v) is 3.77. The van der Waals surface area contributed by atoms with Gasteiger partial charge in [0.05, 0.1) is 12.0 Å². The van der Waals surface area contributed by atoms with Gasteiger partial charge in [-0.05, 0) is 12.1 Å². The Hall–Kier alpha value is -3.63. The number of nitrogens with one attached hydrogen (secondary N) is 1. The van der Waals surface area contributed by atoms with Crippen molar-refractivity contribution in [2.75, 3.05) is 6.54 Å². The lowest BCUT2D eigenvalue weighted by Gasteiger charge is -2.35. The van der Waals surface area contributed by atoms with Crippen LogP contribution in [0, 0.1) is 5.82 Å². The Morgan fingerprint density at radius 1 is 1.33 bits per heavy atom. The number of alkyl halides is 2. The van der Waals surface area contributed by atoms with E-state index >= 15 is 0 Å². The minimum atomic E-state index is -2.98. The van der Waals surface area contributed by atoms with Gasteiger partial charge in [-0.3, -0.25) is 4.79 Å². The third-order valence-electron chi connectivity index (χ3n) is 5.11. The maximum absolute atomic E-state index is 14.1. The molecule has 1 aliphatic heterocycles. The number of hydrogen-bond donors (Lipinski definition) is 1. The molecule has 0 spiro atoms. The normalized spacial score (nSPS) is 18.9. The van der Waals surface area contributed by atoms with Crippen LogP contribution in [0.5, 0.6) is 0 Å². The molecule has 0 saturated carbocycles. The van der Waals surface area contributed by atoms with Crippen molar-refractivity contribution in [3.8, 4) is 0 Å². The number of imidazole rings is 1. The molecular formula is C19H14F3N5O3. The van der Waals surface area contributed by atoms with Gasteiger partial charge in [-0.1, -0.05) is 13.0 Å². The number of aromatic nitrogens is 4. The Kier molecular flexibility index (Phi) is 4.12. The minimum absolute atomic E-state index is 0.0156. The minimum Gasteiger partial charge on any atom is -0.438 e. The fraction of sp³-hybridized carbons (Fsp3) is 0.263. The Bertz CT molecular complexity index is 1250. The van der Waals surface area contributed by atoms with E-state index in [1.165, 1.54) is 23.4 Å². The molecule has 0 aliphatic carbocycles. The van der Waals surface area contributed by atoms with E-state index in [1.54, 1.807) is 6.07 Å². The average Bonchev–Trinajstić information content (AvgIpc) is 3.46. The van der Waals surface area contributed by atoms with Crippen molar-refractivity contribution in [3.63, 3.8) is 0 Å². The second-order valence-electron chi connectivity index (χ2n) is 6.97. The number of para-hydroxylation sites is 1. The van der Waals surface area contributed by atoms with Crippen LogP contribution in [-0.4, -0.2) is 37.3 Å². The summed E-state index contributed by atoms with van der Waals surface area (Å²) in [7, 11) is 0. The smallest absolute Gasteiger partial charge is 0.292 e.